The van der Waals surface area contributed by atoms with E-state index in [2.05, 4.69) is 0 Å². The fraction of sp³-hybridized carbons (Fsp3) is 0.500. The van der Waals surface area contributed by atoms with Crippen molar-refractivity contribution in [1.82, 2.24) is 0 Å². The number of hydrogen-bond acceptors (Lipinski definition) is 3. The summed E-state index contributed by atoms with van der Waals surface area (Å²) >= 11 is 0. The predicted molar refractivity (Wildman–Crippen MR) is 48.3 cm³/mol. The summed E-state index contributed by atoms with van der Waals surface area (Å²) in [4.78, 5) is 11.0. The lowest BCUT2D eigenvalue weighted by Gasteiger charge is -1.99. The zero-order valence-electron chi connectivity index (χ0n) is 7.79. The van der Waals surface area contributed by atoms with Crippen LogP contribution < -0.4 is 0 Å². The van der Waals surface area contributed by atoms with E-state index in [0.29, 0.717) is 13.0 Å². The maximum Gasteiger partial charge on any atom is 0.158 e. The second-order valence-corrected chi connectivity index (χ2v) is 2.86. The lowest BCUT2D eigenvalue weighted by molar-refractivity contribution is -0.124. The van der Waals surface area contributed by atoms with Gasteiger partial charge in [-0.3, -0.25) is 4.79 Å². The van der Waals surface area contributed by atoms with Gasteiger partial charge < -0.3 is 9.15 Å². The van der Waals surface area contributed by atoms with Crippen molar-refractivity contribution in [2.24, 2.45) is 0 Å². The highest BCUT2D eigenvalue weighted by Gasteiger charge is 2.01. The standard InChI is InChI=1S/C10H14O3/c1-2-4-9(11)7-12-8-10-5-3-6-13-10/h3,5-6H,2,4,7-8H2,1H3. The summed E-state index contributed by atoms with van der Waals surface area (Å²) in [6.45, 7) is 2.54. The summed E-state index contributed by atoms with van der Waals surface area (Å²) in [5, 5.41) is 0. The lowest BCUT2D eigenvalue weighted by atomic mass is 10.2. The Hall–Kier alpha value is -1.09. The largest absolute Gasteiger partial charge is 0.467 e. The molecule has 0 saturated carbocycles. The van der Waals surface area contributed by atoms with Crippen molar-refractivity contribution < 1.29 is 13.9 Å². The molecule has 3 nitrogen and oxygen atoms in total. The van der Waals surface area contributed by atoms with Gasteiger partial charge >= 0.3 is 0 Å². The quantitative estimate of drug-likeness (QED) is 0.676. The number of Topliss-reactive ketones (excluding diaryl/α,β-unsaturated/α-hetero) is 1. The van der Waals surface area contributed by atoms with E-state index in [9.17, 15) is 4.79 Å². The monoisotopic (exact) mass is 182 g/mol. The van der Waals surface area contributed by atoms with E-state index in [1.807, 2.05) is 13.0 Å². The topological polar surface area (TPSA) is 39.4 Å². The minimum atomic E-state index is 0.147. The minimum Gasteiger partial charge on any atom is -0.467 e. The Balaban J connectivity index is 2.11. The van der Waals surface area contributed by atoms with Crippen molar-refractivity contribution in [1.29, 1.82) is 0 Å². The number of carbonyl (C=O) groups excluding carboxylic acids is 1. The zero-order valence-corrected chi connectivity index (χ0v) is 7.79. The molecule has 0 aliphatic rings. The third-order valence-corrected chi connectivity index (χ3v) is 1.62. The summed E-state index contributed by atoms with van der Waals surface area (Å²) in [7, 11) is 0. The smallest absolute Gasteiger partial charge is 0.158 e. The first-order valence-corrected chi connectivity index (χ1v) is 4.44. The van der Waals surface area contributed by atoms with Gasteiger partial charge in [-0.2, -0.15) is 0 Å². The first-order valence-electron chi connectivity index (χ1n) is 4.44. The maximum absolute atomic E-state index is 11.0. The average Bonchev–Trinajstić information content (AvgIpc) is 2.57. The minimum absolute atomic E-state index is 0.147. The van der Waals surface area contributed by atoms with Gasteiger partial charge in [-0.05, 0) is 18.6 Å². The van der Waals surface area contributed by atoms with E-state index in [1.165, 1.54) is 0 Å². The molecule has 1 aromatic rings. The van der Waals surface area contributed by atoms with Crippen LogP contribution in [0, 0.1) is 0 Å². The van der Waals surface area contributed by atoms with Crippen molar-refractivity contribution >= 4 is 5.78 Å². The normalized spacial score (nSPS) is 10.2. The molecule has 1 rings (SSSR count). The Morgan fingerprint density at radius 3 is 3.08 bits per heavy atom. The lowest BCUT2D eigenvalue weighted by Crippen LogP contribution is -2.07. The van der Waals surface area contributed by atoms with Crippen LogP contribution in [0.15, 0.2) is 22.8 Å². The molecule has 1 heterocycles. The molecule has 0 unspecified atom stereocenters. The molecule has 13 heavy (non-hydrogen) atoms. The number of carbonyl (C=O) groups is 1. The molecule has 0 amide bonds. The Morgan fingerprint density at radius 2 is 2.46 bits per heavy atom. The summed E-state index contributed by atoms with van der Waals surface area (Å²) in [6, 6.07) is 3.62. The molecule has 0 N–H and O–H groups in total. The highest BCUT2D eigenvalue weighted by Crippen LogP contribution is 2.01. The second-order valence-electron chi connectivity index (χ2n) is 2.86. The van der Waals surface area contributed by atoms with Gasteiger partial charge in [0.1, 0.15) is 19.0 Å². The first-order chi connectivity index (χ1) is 6.33. The molecule has 0 fully saturated rings. The van der Waals surface area contributed by atoms with Gasteiger partial charge in [0.25, 0.3) is 0 Å². The second kappa shape index (κ2) is 5.54. The van der Waals surface area contributed by atoms with Crippen LogP contribution in [0.25, 0.3) is 0 Å². The highest BCUT2D eigenvalue weighted by molar-refractivity contribution is 5.79. The Bertz CT molecular complexity index is 239. The van der Waals surface area contributed by atoms with E-state index < -0.39 is 0 Å². The molecule has 72 valence electrons. The molecular formula is C10H14O3. The van der Waals surface area contributed by atoms with Gasteiger partial charge in [-0.15, -0.1) is 0 Å². The number of rotatable bonds is 6. The van der Waals surface area contributed by atoms with Crippen LogP contribution in [-0.2, 0) is 16.1 Å². The molecule has 0 spiro atoms. The molecule has 0 aliphatic carbocycles. The van der Waals surface area contributed by atoms with Crippen molar-refractivity contribution in [2.75, 3.05) is 6.61 Å². The van der Waals surface area contributed by atoms with Crippen LogP contribution in [-0.4, -0.2) is 12.4 Å². The predicted octanol–water partition coefficient (Wildman–Crippen LogP) is 2.17. The molecule has 0 radical (unpaired) electrons. The van der Waals surface area contributed by atoms with Crippen LogP contribution in [0.2, 0.25) is 0 Å². The molecular weight excluding hydrogens is 168 g/mol. The summed E-state index contributed by atoms with van der Waals surface area (Å²) in [5.74, 6) is 0.901. The van der Waals surface area contributed by atoms with Crippen molar-refractivity contribution in [3.05, 3.63) is 24.2 Å². The summed E-state index contributed by atoms with van der Waals surface area (Å²) < 4.78 is 10.2. The number of ether oxygens (including phenoxy) is 1. The Labute approximate surface area is 77.7 Å². The van der Waals surface area contributed by atoms with Gasteiger partial charge in [0.15, 0.2) is 5.78 Å². The number of furan rings is 1. The molecule has 0 saturated heterocycles. The SMILES string of the molecule is CCCC(=O)COCc1ccco1. The summed E-state index contributed by atoms with van der Waals surface area (Å²) in [6.07, 6.45) is 3.06. The Morgan fingerprint density at radius 1 is 1.62 bits per heavy atom. The molecule has 0 bridgehead atoms. The maximum atomic E-state index is 11.0. The van der Waals surface area contributed by atoms with E-state index in [-0.39, 0.29) is 12.4 Å². The highest BCUT2D eigenvalue weighted by atomic mass is 16.5. The molecule has 3 heteroatoms. The van der Waals surface area contributed by atoms with E-state index >= 15 is 0 Å². The van der Waals surface area contributed by atoms with Gasteiger partial charge in [0.05, 0.1) is 6.26 Å². The van der Waals surface area contributed by atoms with Gasteiger partial charge in [-0.25, -0.2) is 0 Å². The van der Waals surface area contributed by atoms with Crippen molar-refractivity contribution in [3.8, 4) is 0 Å². The summed E-state index contributed by atoms with van der Waals surface area (Å²) in [5.41, 5.74) is 0. The third-order valence-electron chi connectivity index (χ3n) is 1.62. The van der Waals surface area contributed by atoms with Crippen LogP contribution in [0.4, 0.5) is 0 Å². The van der Waals surface area contributed by atoms with Crippen LogP contribution >= 0.6 is 0 Å². The van der Waals surface area contributed by atoms with Crippen molar-refractivity contribution in [2.45, 2.75) is 26.4 Å². The van der Waals surface area contributed by atoms with Gasteiger partial charge in [0.2, 0.25) is 0 Å². The van der Waals surface area contributed by atoms with Gasteiger partial charge in [0, 0.05) is 6.42 Å². The van der Waals surface area contributed by atoms with Crippen LogP contribution in [0.5, 0.6) is 0 Å². The van der Waals surface area contributed by atoms with Gasteiger partial charge in [-0.1, -0.05) is 6.92 Å². The fourth-order valence-corrected chi connectivity index (χ4v) is 1.01. The molecule has 0 atom stereocenters. The molecule has 0 aliphatic heterocycles. The number of hydrogen-bond donors (Lipinski definition) is 0. The van der Waals surface area contributed by atoms with E-state index in [4.69, 9.17) is 9.15 Å². The number of ketones is 1. The van der Waals surface area contributed by atoms with E-state index in [0.717, 1.165) is 12.2 Å². The first kappa shape index (κ1) is 9.99. The van der Waals surface area contributed by atoms with Crippen LogP contribution in [0.1, 0.15) is 25.5 Å². The fourth-order valence-electron chi connectivity index (χ4n) is 1.01. The third kappa shape index (κ3) is 3.90. The average molecular weight is 182 g/mol. The van der Waals surface area contributed by atoms with Crippen LogP contribution in [0.3, 0.4) is 0 Å². The Kier molecular flexibility index (Phi) is 4.26. The van der Waals surface area contributed by atoms with E-state index in [1.54, 1.807) is 12.3 Å². The molecule has 0 aromatic carbocycles. The zero-order chi connectivity index (χ0) is 9.52. The van der Waals surface area contributed by atoms with Crippen molar-refractivity contribution in [3.63, 3.8) is 0 Å². The molecule has 1 aromatic heterocycles.